The molecule has 4 nitrogen and oxygen atoms in total. The minimum absolute atomic E-state index is 0.134. The maximum atomic E-state index is 12.3. The van der Waals surface area contributed by atoms with Gasteiger partial charge in [-0.25, -0.2) is 0 Å². The summed E-state index contributed by atoms with van der Waals surface area (Å²) in [6, 6.07) is 16.9. The topological polar surface area (TPSA) is 50.7 Å². The van der Waals surface area contributed by atoms with E-state index >= 15 is 0 Å². The largest absolute Gasteiger partial charge is 0.482 e. The minimum Gasteiger partial charge on any atom is -0.482 e. The number of nitrogens with one attached hydrogen (secondary N) is 1. The van der Waals surface area contributed by atoms with Crippen LogP contribution in [0, 0.1) is 13.8 Å². The van der Waals surface area contributed by atoms with Gasteiger partial charge in [0.2, 0.25) is 0 Å². The van der Waals surface area contributed by atoms with E-state index in [-0.39, 0.29) is 12.5 Å². The average molecular weight is 551 g/mol. The molecule has 0 radical (unpaired) electrons. The number of aliphatic imine (C=N–C) groups is 1. The molecule has 0 spiro atoms. The molecule has 1 N–H and O–H groups in total. The highest BCUT2D eigenvalue weighted by Gasteiger charge is 2.12. The van der Waals surface area contributed by atoms with Crippen LogP contribution in [0.4, 0.5) is 11.4 Å². The van der Waals surface area contributed by atoms with E-state index in [2.05, 4.69) is 42.2 Å². The molecule has 0 aliphatic carbocycles. The lowest BCUT2D eigenvalue weighted by Gasteiger charge is -2.12. The standard InChI is InChI=1S/C23H19Br2ClN2O2/c1-14-4-3-5-19(8-14)28-22(29)13-30-23-16(9-17(24)10-20(23)25)12-27-21-11-18(26)7-6-15(21)2/h3-12H,13H2,1-2H3,(H,28,29). The van der Waals surface area contributed by atoms with Crippen LogP contribution in [0.2, 0.25) is 5.02 Å². The van der Waals surface area contributed by atoms with Crippen LogP contribution in [-0.2, 0) is 4.79 Å². The average Bonchev–Trinajstić information content (AvgIpc) is 2.67. The first-order valence-corrected chi connectivity index (χ1v) is 11.1. The fraction of sp³-hybridized carbons (Fsp3) is 0.130. The van der Waals surface area contributed by atoms with Crippen molar-refractivity contribution < 1.29 is 9.53 Å². The molecule has 0 atom stereocenters. The van der Waals surface area contributed by atoms with Crippen LogP contribution in [0.25, 0.3) is 0 Å². The van der Waals surface area contributed by atoms with Crippen LogP contribution in [0.5, 0.6) is 5.75 Å². The van der Waals surface area contributed by atoms with E-state index in [1.807, 2.05) is 62.4 Å². The molecule has 3 aromatic rings. The van der Waals surface area contributed by atoms with Crippen molar-refractivity contribution in [3.8, 4) is 5.75 Å². The maximum absolute atomic E-state index is 12.3. The van der Waals surface area contributed by atoms with E-state index < -0.39 is 0 Å². The number of carbonyl (C=O) groups is 1. The second kappa shape index (κ2) is 10.2. The Hall–Kier alpha value is -2.15. The summed E-state index contributed by atoms with van der Waals surface area (Å²) in [7, 11) is 0. The molecular formula is C23H19Br2ClN2O2. The summed E-state index contributed by atoms with van der Waals surface area (Å²) in [5.74, 6) is 0.282. The molecule has 3 rings (SSSR count). The predicted octanol–water partition coefficient (Wildman–Crippen LogP) is 7.25. The predicted molar refractivity (Wildman–Crippen MR) is 131 cm³/mol. The SMILES string of the molecule is Cc1cccc(NC(=O)COc2c(Br)cc(Br)cc2C=Nc2cc(Cl)ccc2C)c1. The first-order valence-electron chi connectivity index (χ1n) is 9.10. The molecule has 3 aromatic carbocycles. The molecule has 0 saturated heterocycles. The zero-order valence-electron chi connectivity index (χ0n) is 16.4. The van der Waals surface area contributed by atoms with E-state index in [4.69, 9.17) is 16.3 Å². The van der Waals surface area contributed by atoms with Gasteiger partial charge in [0, 0.05) is 27.0 Å². The third-order valence-corrected chi connectivity index (χ3v) is 5.48. The number of halogens is 3. The number of anilines is 1. The molecular weight excluding hydrogens is 532 g/mol. The van der Waals surface area contributed by atoms with Gasteiger partial charge in [-0.1, -0.05) is 45.7 Å². The number of nitrogens with zero attached hydrogens (tertiary/aromatic N) is 1. The molecule has 0 bridgehead atoms. The molecule has 0 saturated carbocycles. The Morgan fingerprint density at radius 1 is 1.13 bits per heavy atom. The van der Waals surface area contributed by atoms with Gasteiger partial charge in [-0.3, -0.25) is 9.79 Å². The molecule has 30 heavy (non-hydrogen) atoms. The Balaban J connectivity index is 1.78. The number of benzene rings is 3. The van der Waals surface area contributed by atoms with Gasteiger partial charge in [0.1, 0.15) is 5.75 Å². The smallest absolute Gasteiger partial charge is 0.262 e. The summed E-state index contributed by atoms with van der Waals surface area (Å²) < 4.78 is 7.40. The van der Waals surface area contributed by atoms with Gasteiger partial charge in [-0.2, -0.15) is 0 Å². The fourth-order valence-corrected chi connectivity index (χ4v) is 4.29. The van der Waals surface area contributed by atoms with Crippen molar-refractivity contribution in [2.24, 2.45) is 4.99 Å². The van der Waals surface area contributed by atoms with E-state index in [9.17, 15) is 4.79 Å². The Bertz CT molecular complexity index is 1120. The second-order valence-electron chi connectivity index (χ2n) is 6.70. The monoisotopic (exact) mass is 548 g/mol. The lowest BCUT2D eigenvalue weighted by atomic mass is 10.2. The zero-order chi connectivity index (χ0) is 21.7. The summed E-state index contributed by atoms with van der Waals surface area (Å²) in [5.41, 5.74) is 4.29. The Morgan fingerprint density at radius 2 is 1.93 bits per heavy atom. The van der Waals surface area contributed by atoms with E-state index in [1.165, 1.54) is 0 Å². The number of carbonyl (C=O) groups excluding carboxylic acids is 1. The van der Waals surface area contributed by atoms with Gasteiger partial charge in [-0.15, -0.1) is 0 Å². The molecule has 0 aliphatic rings. The van der Waals surface area contributed by atoms with E-state index in [1.54, 1.807) is 12.3 Å². The second-order valence-corrected chi connectivity index (χ2v) is 8.91. The third-order valence-electron chi connectivity index (χ3n) is 4.20. The van der Waals surface area contributed by atoms with Gasteiger partial charge in [0.15, 0.2) is 6.61 Å². The third kappa shape index (κ3) is 6.17. The van der Waals surface area contributed by atoms with Crippen LogP contribution in [0.3, 0.4) is 0 Å². The van der Waals surface area contributed by atoms with Crippen molar-refractivity contribution in [3.63, 3.8) is 0 Å². The van der Waals surface area contributed by atoms with E-state index in [0.717, 1.165) is 32.5 Å². The zero-order valence-corrected chi connectivity index (χ0v) is 20.3. The Morgan fingerprint density at radius 3 is 2.70 bits per heavy atom. The van der Waals surface area contributed by atoms with Crippen molar-refractivity contribution in [2.75, 3.05) is 11.9 Å². The number of rotatable bonds is 6. The van der Waals surface area contributed by atoms with Gasteiger partial charge in [-0.05, 0) is 77.3 Å². The lowest BCUT2D eigenvalue weighted by molar-refractivity contribution is -0.118. The van der Waals surface area contributed by atoms with Crippen LogP contribution in [0.1, 0.15) is 16.7 Å². The highest BCUT2D eigenvalue weighted by atomic mass is 79.9. The first kappa shape index (κ1) is 22.5. The first-order chi connectivity index (χ1) is 14.3. The summed E-state index contributed by atoms with van der Waals surface area (Å²) >= 11 is 13.1. The van der Waals surface area contributed by atoms with Crippen molar-refractivity contribution in [2.45, 2.75) is 13.8 Å². The van der Waals surface area contributed by atoms with Gasteiger partial charge < -0.3 is 10.1 Å². The van der Waals surface area contributed by atoms with Crippen molar-refractivity contribution in [1.29, 1.82) is 0 Å². The normalized spacial score (nSPS) is 11.0. The van der Waals surface area contributed by atoms with Crippen LogP contribution < -0.4 is 10.1 Å². The number of hydrogen-bond donors (Lipinski definition) is 1. The number of ether oxygens (including phenoxy) is 1. The molecule has 154 valence electrons. The van der Waals surface area contributed by atoms with Crippen molar-refractivity contribution in [3.05, 3.63) is 85.3 Å². The highest BCUT2D eigenvalue weighted by molar-refractivity contribution is 9.11. The Kier molecular flexibility index (Phi) is 7.69. The van der Waals surface area contributed by atoms with Gasteiger partial charge >= 0.3 is 0 Å². The van der Waals surface area contributed by atoms with Crippen LogP contribution in [0.15, 0.2) is 68.5 Å². The maximum Gasteiger partial charge on any atom is 0.262 e. The number of amides is 1. The molecule has 0 unspecified atom stereocenters. The quantitative estimate of drug-likeness (QED) is 0.329. The summed E-state index contributed by atoms with van der Waals surface area (Å²) in [4.78, 5) is 16.9. The van der Waals surface area contributed by atoms with Gasteiger partial charge in [0.25, 0.3) is 5.91 Å². The van der Waals surface area contributed by atoms with Crippen molar-refractivity contribution in [1.82, 2.24) is 0 Å². The lowest BCUT2D eigenvalue weighted by Crippen LogP contribution is -2.20. The molecule has 0 fully saturated rings. The highest BCUT2D eigenvalue weighted by Crippen LogP contribution is 2.33. The summed E-state index contributed by atoms with van der Waals surface area (Å²) in [5, 5.41) is 3.46. The Labute approximate surface area is 197 Å². The van der Waals surface area contributed by atoms with Crippen LogP contribution in [-0.4, -0.2) is 18.7 Å². The van der Waals surface area contributed by atoms with E-state index in [0.29, 0.717) is 15.2 Å². The summed E-state index contributed by atoms with van der Waals surface area (Å²) in [6.07, 6.45) is 1.70. The molecule has 0 heterocycles. The number of hydrogen-bond acceptors (Lipinski definition) is 3. The fourth-order valence-electron chi connectivity index (χ4n) is 2.75. The van der Waals surface area contributed by atoms with Crippen LogP contribution >= 0.6 is 43.5 Å². The molecule has 1 amide bonds. The van der Waals surface area contributed by atoms with Crippen molar-refractivity contribution >= 4 is 67.0 Å². The molecule has 0 aromatic heterocycles. The molecule has 7 heteroatoms. The number of aryl methyl sites for hydroxylation is 2. The summed E-state index contributed by atoms with van der Waals surface area (Å²) in [6.45, 7) is 3.80. The van der Waals surface area contributed by atoms with Gasteiger partial charge in [0.05, 0.1) is 10.2 Å². The molecule has 0 aliphatic heterocycles. The minimum atomic E-state index is -0.246.